The number of halogens is 1. The fraction of sp³-hybridized carbons (Fsp3) is 0.367. The lowest BCUT2D eigenvalue weighted by molar-refractivity contribution is 0.0284. The molecule has 0 radical (unpaired) electrons. The molecule has 3 aromatic carbocycles. The van der Waals surface area contributed by atoms with Crippen LogP contribution in [0, 0.1) is 11.8 Å². The molecule has 2 N–H and O–H groups in total. The van der Waals surface area contributed by atoms with Crippen molar-refractivity contribution in [2.24, 2.45) is 11.8 Å². The molecule has 0 aliphatic carbocycles. The molecule has 6 heteroatoms. The fourth-order valence-electron chi connectivity index (χ4n) is 4.85. The Morgan fingerprint density at radius 3 is 2.28 bits per heavy atom. The quantitative estimate of drug-likeness (QED) is 0.365. The summed E-state index contributed by atoms with van der Waals surface area (Å²) in [5.74, 6) is 0.571. The minimum Gasteiger partial charge on any atom is -0.444 e. The highest BCUT2D eigenvalue weighted by Crippen LogP contribution is 2.32. The Morgan fingerprint density at radius 1 is 0.972 bits per heavy atom. The Morgan fingerprint density at radius 2 is 1.61 bits per heavy atom. The van der Waals surface area contributed by atoms with Gasteiger partial charge in [-0.05, 0) is 80.5 Å². The molecular formula is C30H36ClN3O2. The highest BCUT2D eigenvalue weighted by atomic mass is 35.5. The molecule has 1 aliphatic heterocycles. The number of likely N-dealkylation sites (tertiary alicyclic amines) is 1. The van der Waals surface area contributed by atoms with E-state index in [0.29, 0.717) is 30.6 Å². The number of nitrogens with zero attached hydrogens (tertiary/aromatic N) is 2. The Kier molecular flexibility index (Phi) is 8.10. The molecule has 0 aromatic heterocycles. The van der Waals surface area contributed by atoms with E-state index in [-0.39, 0.29) is 12.0 Å². The van der Waals surface area contributed by atoms with Crippen molar-refractivity contribution in [2.45, 2.75) is 39.3 Å². The van der Waals surface area contributed by atoms with Crippen LogP contribution in [0.5, 0.6) is 0 Å². The summed E-state index contributed by atoms with van der Waals surface area (Å²) < 4.78 is 5.72. The zero-order valence-electron chi connectivity index (χ0n) is 21.4. The Hall–Kier alpha value is -3.18. The molecule has 4 rings (SSSR count). The van der Waals surface area contributed by atoms with Crippen LogP contribution in [0.2, 0.25) is 5.02 Å². The van der Waals surface area contributed by atoms with E-state index in [0.717, 1.165) is 29.9 Å². The van der Waals surface area contributed by atoms with Gasteiger partial charge in [-0.25, -0.2) is 4.79 Å². The van der Waals surface area contributed by atoms with Gasteiger partial charge in [-0.1, -0.05) is 60.1 Å². The van der Waals surface area contributed by atoms with Crippen molar-refractivity contribution in [3.8, 4) is 0 Å². The average molecular weight is 506 g/mol. The summed E-state index contributed by atoms with van der Waals surface area (Å²) in [6, 6.07) is 26.4. The van der Waals surface area contributed by atoms with Gasteiger partial charge in [-0.3, -0.25) is 0 Å². The minimum atomic E-state index is -0.524. The summed E-state index contributed by atoms with van der Waals surface area (Å²) in [5, 5.41) is 0.705. The molecule has 36 heavy (non-hydrogen) atoms. The molecule has 1 fully saturated rings. The van der Waals surface area contributed by atoms with Gasteiger partial charge in [0.05, 0.1) is 0 Å². The molecule has 2 atom stereocenters. The number of carbonyl (C=O) groups is 1. The zero-order chi connectivity index (χ0) is 25.7. The number of rotatable bonds is 7. The van der Waals surface area contributed by atoms with E-state index in [1.165, 1.54) is 5.56 Å². The lowest BCUT2D eigenvalue weighted by Crippen LogP contribution is -2.36. The molecule has 5 nitrogen and oxygen atoms in total. The van der Waals surface area contributed by atoms with Gasteiger partial charge in [0.1, 0.15) is 5.60 Å². The molecule has 1 heterocycles. The third-order valence-electron chi connectivity index (χ3n) is 6.63. The van der Waals surface area contributed by atoms with Crippen LogP contribution in [-0.2, 0) is 17.7 Å². The van der Waals surface area contributed by atoms with E-state index in [1.807, 2.05) is 74.2 Å². The van der Waals surface area contributed by atoms with Crippen molar-refractivity contribution in [3.63, 3.8) is 0 Å². The SMILES string of the molecule is CC(C)(C)OC(=O)N1C[C@@H](Cc2ccccc2)[C@@H](CN(Cc2ccccc2N)c2ccc(Cl)cc2)C1. The topological polar surface area (TPSA) is 58.8 Å². The summed E-state index contributed by atoms with van der Waals surface area (Å²) in [6.07, 6.45) is 0.667. The maximum atomic E-state index is 13.0. The number of carbonyl (C=O) groups excluding carboxylic acids is 1. The Balaban J connectivity index is 1.60. The van der Waals surface area contributed by atoms with Crippen molar-refractivity contribution in [1.29, 1.82) is 0 Å². The van der Waals surface area contributed by atoms with E-state index in [4.69, 9.17) is 22.1 Å². The molecular weight excluding hydrogens is 470 g/mol. The number of para-hydroxylation sites is 1. The largest absolute Gasteiger partial charge is 0.444 e. The standard InChI is InChI=1S/C30H36ClN3O2/c1-30(2,3)36-29(35)34-19-24(17-22-9-5-4-6-10-22)25(21-34)20-33(27-15-13-26(31)14-16-27)18-23-11-7-8-12-28(23)32/h4-16,24-25H,17-21,32H2,1-3H3/t24-,25+/m1/s1. The van der Waals surface area contributed by atoms with Crippen molar-refractivity contribution in [1.82, 2.24) is 4.90 Å². The van der Waals surface area contributed by atoms with Crippen LogP contribution in [-0.4, -0.2) is 36.2 Å². The Bertz CT molecular complexity index is 1140. The molecule has 1 aliphatic rings. The van der Waals surface area contributed by atoms with Gasteiger partial charge < -0.3 is 20.3 Å². The maximum absolute atomic E-state index is 13.0. The number of amides is 1. The maximum Gasteiger partial charge on any atom is 0.410 e. The summed E-state index contributed by atoms with van der Waals surface area (Å²) in [5.41, 5.74) is 10.0. The second-order valence-electron chi connectivity index (χ2n) is 10.7. The minimum absolute atomic E-state index is 0.242. The summed E-state index contributed by atoms with van der Waals surface area (Å²) in [7, 11) is 0. The van der Waals surface area contributed by atoms with Gasteiger partial charge in [0.25, 0.3) is 0 Å². The molecule has 190 valence electrons. The summed E-state index contributed by atoms with van der Waals surface area (Å²) in [6.45, 7) is 8.52. The number of ether oxygens (including phenoxy) is 1. The van der Waals surface area contributed by atoms with Gasteiger partial charge in [0.2, 0.25) is 0 Å². The van der Waals surface area contributed by atoms with Crippen LogP contribution in [0.15, 0.2) is 78.9 Å². The molecule has 1 amide bonds. The first-order valence-corrected chi connectivity index (χ1v) is 12.9. The van der Waals surface area contributed by atoms with E-state index in [9.17, 15) is 4.79 Å². The van der Waals surface area contributed by atoms with Crippen LogP contribution in [0.4, 0.5) is 16.2 Å². The number of benzene rings is 3. The number of hydrogen-bond acceptors (Lipinski definition) is 4. The van der Waals surface area contributed by atoms with Crippen LogP contribution in [0.25, 0.3) is 0 Å². The van der Waals surface area contributed by atoms with Gasteiger partial charge in [0, 0.05) is 42.6 Å². The zero-order valence-corrected chi connectivity index (χ0v) is 22.1. The fourth-order valence-corrected chi connectivity index (χ4v) is 4.98. The summed E-state index contributed by atoms with van der Waals surface area (Å²) in [4.78, 5) is 17.2. The first-order chi connectivity index (χ1) is 17.2. The van der Waals surface area contributed by atoms with Gasteiger partial charge in [-0.15, -0.1) is 0 Å². The molecule has 0 saturated carbocycles. The van der Waals surface area contributed by atoms with E-state index in [2.05, 4.69) is 35.2 Å². The monoisotopic (exact) mass is 505 g/mol. The molecule has 0 spiro atoms. The van der Waals surface area contributed by atoms with Crippen LogP contribution in [0.1, 0.15) is 31.9 Å². The van der Waals surface area contributed by atoms with E-state index in [1.54, 1.807) is 0 Å². The number of nitrogens with two attached hydrogens (primary N) is 1. The first kappa shape index (κ1) is 25.9. The smallest absolute Gasteiger partial charge is 0.410 e. The lowest BCUT2D eigenvalue weighted by atomic mass is 9.89. The van der Waals surface area contributed by atoms with Crippen LogP contribution < -0.4 is 10.6 Å². The second kappa shape index (κ2) is 11.3. The highest BCUT2D eigenvalue weighted by molar-refractivity contribution is 6.30. The van der Waals surface area contributed by atoms with Crippen molar-refractivity contribution >= 4 is 29.1 Å². The van der Waals surface area contributed by atoms with Crippen LogP contribution >= 0.6 is 11.6 Å². The number of anilines is 2. The van der Waals surface area contributed by atoms with Crippen molar-refractivity contribution in [2.75, 3.05) is 30.3 Å². The molecule has 1 saturated heterocycles. The predicted octanol–water partition coefficient (Wildman–Crippen LogP) is 6.65. The number of nitrogen functional groups attached to an aromatic ring is 1. The highest BCUT2D eigenvalue weighted by Gasteiger charge is 2.38. The average Bonchev–Trinajstić information content (AvgIpc) is 3.22. The van der Waals surface area contributed by atoms with Gasteiger partial charge in [-0.2, -0.15) is 0 Å². The second-order valence-corrected chi connectivity index (χ2v) is 11.1. The van der Waals surface area contributed by atoms with Gasteiger partial charge in [0.15, 0.2) is 0 Å². The van der Waals surface area contributed by atoms with E-state index < -0.39 is 5.60 Å². The third kappa shape index (κ3) is 6.94. The molecule has 0 bridgehead atoms. The predicted molar refractivity (Wildman–Crippen MR) is 148 cm³/mol. The number of hydrogen-bond donors (Lipinski definition) is 1. The molecule has 3 aromatic rings. The lowest BCUT2D eigenvalue weighted by Gasteiger charge is -2.31. The Labute approximate surface area is 219 Å². The van der Waals surface area contributed by atoms with Crippen molar-refractivity contribution < 1.29 is 9.53 Å². The van der Waals surface area contributed by atoms with Crippen molar-refractivity contribution in [3.05, 3.63) is 95.0 Å². The molecule has 0 unspecified atom stereocenters. The van der Waals surface area contributed by atoms with E-state index >= 15 is 0 Å². The van der Waals surface area contributed by atoms with Crippen LogP contribution in [0.3, 0.4) is 0 Å². The third-order valence-corrected chi connectivity index (χ3v) is 6.88. The normalized spacial score (nSPS) is 17.7. The van der Waals surface area contributed by atoms with Gasteiger partial charge >= 0.3 is 6.09 Å². The first-order valence-electron chi connectivity index (χ1n) is 12.5. The summed E-state index contributed by atoms with van der Waals surface area (Å²) >= 11 is 6.20.